The van der Waals surface area contributed by atoms with Gasteiger partial charge in [-0.1, -0.05) is 46.5 Å². The van der Waals surface area contributed by atoms with E-state index in [1.165, 1.54) is 0 Å². The Kier molecular flexibility index (Phi) is 6.02. The van der Waals surface area contributed by atoms with Crippen LogP contribution in [0.1, 0.15) is 46.5 Å². The molecule has 0 unspecified atom stereocenters. The van der Waals surface area contributed by atoms with Gasteiger partial charge >= 0.3 is 23.1 Å². The summed E-state index contributed by atoms with van der Waals surface area (Å²) < 4.78 is 0. The van der Waals surface area contributed by atoms with Crippen LogP contribution >= 0.6 is 0 Å². The van der Waals surface area contributed by atoms with Crippen LogP contribution in [0.15, 0.2) is 0 Å². The molecule has 3 heteroatoms. The minimum Gasteiger partial charge on any atom is -1.00 e. The van der Waals surface area contributed by atoms with Crippen molar-refractivity contribution < 1.29 is 9.81 Å². The molecule has 0 amide bonds. The van der Waals surface area contributed by atoms with Crippen LogP contribution < -0.4 is 9.81 Å². The van der Waals surface area contributed by atoms with Crippen LogP contribution in [-0.4, -0.2) is 28.7 Å². The Labute approximate surface area is 90.4 Å². The van der Waals surface area contributed by atoms with E-state index in [0.29, 0.717) is 0 Å². The van der Waals surface area contributed by atoms with Crippen molar-refractivity contribution in [3.05, 3.63) is 0 Å². The molecule has 0 aromatic rings. The van der Waals surface area contributed by atoms with Gasteiger partial charge in [-0.2, -0.15) is 0 Å². The van der Waals surface area contributed by atoms with Crippen molar-refractivity contribution in [2.75, 3.05) is 0 Å². The summed E-state index contributed by atoms with van der Waals surface area (Å²) in [4.78, 5) is 0. The van der Waals surface area contributed by atoms with Gasteiger partial charge in [0, 0.05) is 0 Å². The van der Waals surface area contributed by atoms with Crippen LogP contribution in [0.2, 0.25) is 0 Å². The zero-order valence-electron chi connectivity index (χ0n) is 8.32. The number of halogens is 1. The molecule has 0 saturated heterocycles. The van der Waals surface area contributed by atoms with E-state index in [-0.39, 0.29) is 33.2 Å². The molecule has 12 heavy (non-hydrogen) atoms. The van der Waals surface area contributed by atoms with Crippen LogP contribution in [0.25, 0.3) is 0 Å². The number of hydrogen-bond acceptors (Lipinski definition) is 1. The minimum absolute atomic E-state index is 0. The Hall–Kier alpha value is 0.656. The molecule has 0 aromatic heterocycles. The number of rotatable bonds is 0. The normalized spacial score (nSPS) is 21.0. The molecule has 0 atom stereocenters. The summed E-state index contributed by atoms with van der Waals surface area (Å²) in [7, 11) is 0. The van der Waals surface area contributed by atoms with Crippen LogP contribution in [0.3, 0.4) is 0 Å². The van der Waals surface area contributed by atoms with E-state index < -0.39 is 5.60 Å². The number of hydrogen-bond donors (Lipinski definition) is 0. The van der Waals surface area contributed by atoms with Crippen molar-refractivity contribution in [1.29, 1.82) is 0 Å². The molecule has 0 N–H and O–H groups in total. The average molecular weight is 185 g/mol. The van der Waals surface area contributed by atoms with E-state index in [0.717, 1.165) is 25.7 Å². The fourth-order valence-corrected chi connectivity index (χ4v) is 1.70. The Bertz CT molecular complexity index is 125. The zero-order chi connectivity index (χ0) is 7.83. The molecule has 1 aliphatic carbocycles. The van der Waals surface area contributed by atoms with Crippen molar-refractivity contribution in [2.45, 2.75) is 52.1 Å². The molecule has 0 aromatic carbocycles. The topological polar surface area (TPSA) is 23.1 Å². The molecule has 0 heterocycles. The molecule has 1 aliphatic rings. The van der Waals surface area contributed by atoms with E-state index in [1.807, 2.05) is 0 Å². The second-order valence-corrected chi connectivity index (χ2v) is 4.45. The molecule has 1 rings (SSSR count). The van der Waals surface area contributed by atoms with Gasteiger partial charge in [0.25, 0.3) is 0 Å². The van der Waals surface area contributed by atoms with Crippen molar-refractivity contribution in [3.63, 3.8) is 0 Å². The molecule has 1 fully saturated rings. The van der Waals surface area contributed by atoms with Crippen LogP contribution in [0.4, 0.5) is 0 Å². The molecule has 0 bridgehead atoms. The van der Waals surface area contributed by atoms with Gasteiger partial charge in [0.2, 0.25) is 0 Å². The van der Waals surface area contributed by atoms with Gasteiger partial charge in [-0.05, 0) is 5.41 Å². The molecule has 0 radical (unpaired) electrons. The predicted octanol–water partition coefficient (Wildman–Crippen LogP) is -1.67. The summed E-state index contributed by atoms with van der Waals surface area (Å²) in [5.74, 6) is 0. The van der Waals surface area contributed by atoms with E-state index in [2.05, 4.69) is 20.8 Å². The van der Waals surface area contributed by atoms with E-state index in [9.17, 15) is 5.11 Å². The van der Waals surface area contributed by atoms with Gasteiger partial charge in [0.05, 0.1) is 0 Å². The van der Waals surface area contributed by atoms with Crippen molar-refractivity contribution in [1.82, 2.24) is 0 Å². The van der Waals surface area contributed by atoms with E-state index in [4.69, 9.17) is 0 Å². The van der Waals surface area contributed by atoms with Crippen LogP contribution in [0, 0.1) is 5.41 Å². The summed E-state index contributed by atoms with van der Waals surface area (Å²) in [6.07, 6.45) is 4.05. The SMILES string of the molecule is CC(C)(C)C1([O-])CCCC1.[F-].[Mg+2]. The Balaban J connectivity index is 0. The van der Waals surface area contributed by atoms with Gasteiger partial charge in [0.15, 0.2) is 0 Å². The summed E-state index contributed by atoms with van der Waals surface area (Å²) in [5, 5.41) is 11.9. The third-order valence-electron chi connectivity index (χ3n) is 2.78. The van der Waals surface area contributed by atoms with Crippen molar-refractivity contribution in [2.24, 2.45) is 5.41 Å². The van der Waals surface area contributed by atoms with Gasteiger partial charge in [0.1, 0.15) is 0 Å². The third-order valence-corrected chi connectivity index (χ3v) is 2.78. The average Bonchev–Trinajstić information content (AvgIpc) is 2.13. The Morgan fingerprint density at radius 1 is 1.08 bits per heavy atom. The van der Waals surface area contributed by atoms with E-state index in [1.54, 1.807) is 0 Å². The first-order valence-corrected chi connectivity index (χ1v) is 4.16. The standard InChI is InChI=1S/C9H17O.FH.Mg/c1-8(2,3)9(10)6-4-5-7-9;;/h4-7H2,1-3H3;1H;/q-1;;+2/p-1. The Morgan fingerprint density at radius 2 is 1.42 bits per heavy atom. The van der Waals surface area contributed by atoms with Crippen LogP contribution in [0.5, 0.6) is 0 Å². The van der Waals surface area contributed by atoms with Gasteiger partial charge in [-0.3, -0.25) is 0 Å². The van der Waals surface area contributed by atoms with Gasteiger partial charge < -0.3 is 9.81 Å². The first-order valence-electron chi connectivity index (χ1n) is 4.16. The molecular weight excluding hydrogens is 167 g/mol. The summed E-state index contributed by atoms with van der Waals surface area (Å²) in [6.45, 7) is 6.18. The molecule has 0 spiro atoms. The zero-order valence-corrected chi connectivity index (χ0v) is 9.74. The maximum absolute atomic E-state index is 11.9. The van der Waals surface area contributed by atoms with E-state index >= 15 is 0 Å². The van der Waals surface area contributed by atoms with Gasteiger partial charge in [-0.15, -0.1) is 5.60 Å². The second-order valence-electron chi connectivity index (χ2n) is 4.45. The predicted molar refractivity (Wildman–Crippen MR) is 46.4 cm³/mol. The Morgan fingerprint density at radius 3 is 1.58 bits per heavy atom. The second kappa shape index (κ2) is 4.77. The minimum atomic E-state index is -0.618. The maximum Gasteiger partial charge on any atom is 2.00 e. The molecule has 1 saturated carbocycles. The largest absolute Gasteiger partial charge is 2.00 e. The quantitative estimate of drug-likeness (QED) is 0.413. The molecule has 0 aliphatic heterocycles. The molecule has 68 valence electrons. The molecule has 1 nitrogen and oxygen atoms in total. The van der Waals surface area contributed by atoms with Crippen molar-refractivity contribution in [3.8, 4) is 0 Å². The van der Waals surface area contributed by atoms with Gasteiger partial charge in [-0.25, -0.2) is 0 Å². The summed E-state index contributed by atoms with van der Waals surface area (Å²) in [5.41, 5.74) is -0.656. The monoisotopic (exact) mass is 184 g/mol. The third kappa shape index (κ3) is 2.85. The van der Waals surface area contributed by atoms with Crippen molar-refractivity contribution >= 4 is 23.1 Å². The summed E-state index contributed by atoms with van der Waals surface area (Å²) in [6, 6.07) is 0. The fourth-order valence-electron chi connectivity index (χ4n) is 1.70. The fraction of sp³-hybridized carbons (Fsp3) is 1.00. The first-order chi connectivity index (χ1) is 4.46. The first kappa shape index (κ1) is 15.1. The molecular formula is C9H17FMgO. The van der Waals surface area contributed by atoms with Crippen LogP contribution in [-0.2, 0) is 0 Å². The maximum atomic E-state index is 11.9. The summed E-state index contributed by atoms with van der Waals surface area (Å²) >= 11 is 0. The smallest absolute Gasteiger partial charge is 1.00 e.